The molecule has 2 nitrogen and oxygen atoms in total. The van der Waals surface area contributed by atoms with Gasteiger partial charge in [-0.05, 0) is 38.0 Å². The van der Waals surface area contributed by atoms with Gasteiger partial charge in [0.2, 0.25) is 0 Å². The molecular weight excluding hydrogens is 176 g/mol. The van der Waals surface area contributed by atoms with Crippen molar-refractivity contribution in [3.63, 3.8) is 0 Å². The van der Waals surface area contributed by atoms with Gasteiger partial charge in [0.15, 0.2) is 0 Å². The van der Waals surface area contributed by atoms with Crippen LogP contribution in [0.3, 0.4) is 0 Å². The van der Waals surface area contributed by atoms with Crippen LogP contribution >= 0.6 is 0 Å². The Kier molecular flexibility index (Phi) is 3.57. The minimum absolute atomic E-state index is 0.335. The fourth-order valence-corrected chi connectivity index (χ4v) is 1.44. The second-order valence-electron chi connectivity index (χ2n) is 3.16. The van der Waals surface area contributed by atoms with Gasteiger partial charge < -0.3 is 9.84 Å². The van der Waals surface area contributed by atoms with Gasteiger partial charge in [0.05, 0.1) is 7.11 Å². The van der Waals surface area contributed by atoms with E-state index < -0.39 is 0 Å². The number of rotatable bonds is 3. The van der Waals surface area contributed by atoms with Crippen molar-refractivity contribution in [3.05, 3.63) is 35.4 Å². The first-order chi connectivity index (χ1) is 6.70. The maximum atomic E-state index is 9.65. The molecule has 0 radical (unpaired) electrons. The third kappa shape index (κ3) is 2.08. The normalized spacial score (nSPS) is 10.8. The van der Waals surface area contributed by atoms with E-state index in [0.29, 0.717) is 5.75 Å². The van der Waals surface area contributed by atoms with Crippen molar-refractivity contribution >= 4 is 0 Å². The molecule has 0 atom stereocenters. The van der Waals surface area contributed by atoms with E-state index in [-0.39, 0.29) is 0 Å². The summed E-state index contributed by atoms with van der Waals surface area (Å²) in [4.78, 5) is 0. The maximum Gasteiger partial charge on any atom is 0.122 e. The van der Waals surface area contributed by atoms with Gasteiger partial charge in [-0.1, -0.05) is 12.2 Å². The van der Waals surface area contributed by atoms with Crippen LogP contribution in [-0.4, -0.2) is 12.2 Å². The molecule has 0 heterocycles. The van der Waals surface area contributed by atoms with Gasteiger partial charge in [0.25, 0.3) is 0 Å². The monoisotopic (exact) mass is 192 g/mol. The molecule has 0 spiro atoms. The Bertz CT molecular complexity index is 340. The lowest BCUT2D eigenvalue weighted by Crippen LogP contribution is -1.93. The summed E-state index contributed by atoms with van der Waals surface area (Å²) in [6.07, 6.45) is 4.73. The SMILES string of the molecule is CC=CCc1c(O)ccc(OC)c1C. The number of hydrogen-bond acceptors (Lipinski definition) is 2. The van der Waals surface area contributed by atoms with Crippen LogP contribution in [0, 0.1) is 6.92 Å². The second-order valence-corrected chi connectivity index (χ2v) is 3.16. The first-order valence-electron chi connectivity index (χ1n) is 4.67. The van der Waals surface area contributed by atoms with E-state index in [1.54, 1.807) is 19.2 Å². The fraction of sp³-hybridized carbons (Fsp3) is 0.333. The van der Waals surface area contributed by atoms with Gasteiger partial charge in [-0.25, -0.2) is 0 Å². The summed E-state index contributed by atoms with van der Waals surface area (Å²) in [5.41, 5.74) is 1.94. The molecule has 1 N–H and O–H groups in total. The molecule has 2 heteroatoms. The standard InChI is InChI=1S/C12H16O2/c1-4-5-6-10-9(2)12(14-3)8-7-11(10)13/h4-5,7-8,13H,6H2,1-3H3. The van der Waals surface area contributed by atoms with Gasteiger partial charge in [0, 0.05) is 5.56 Å². The van der Waals surface area contributed by atoms with Gasteiger partial charge in [-0.15, -0.1) is 0 Å². The first kappa shape index (κ1) is 10.6. The van der Waals surface area contributed by atoms with Crippen LogP contribution in [-0.2, 0) is 6.42 Å². The zero-order valence-corrected chi connectivity index (χ0v) is 8.87. The minimum atomic E-state index is 0.335. The van der Waals surface area contributed by atoms with Crippen LogP contribution in [0.25, 0.3) is 0 Å². The van der Waals surface area contributed by atoms with Crippen LogP contribution in [0.15, 0.2) is 24.3 Å². The summed E-state index contributed by atoms with van der Waals surface area (Å²) < 4.78 is 5.19. The van der Waals surface area contributed by atoms with E-state index in [1.165, 1.54) is 0 Å². The van der Waals surface area contributed by atoms with E-state index in [0.717, 1.165) is 23.3 Å². The predicted molar refractivity (Wildman–Crippen MR) is 57.9 cm³/mol. The van der Waals surface area contributed by atoms with E-state index in [1.807, 2.05) is 26.0 Å². The van der Waals surface area contributed by atoms with Crippen LogP contribution in [0.4, 0.5) is 0 Å². The highest BCUT2D eigenvalue weighted by atomic mass is 16.5. The average Bonchev–Trinajstić information content (AvgIpc) is 2.18. The van der Waals surface area contributed by atoms with Gasteiger partial charge in [-0.3, -0.25) is 0 Å². The molecule has 0 fully saturated rings. The van der Waals surface area contributed by atoms with Crippen LogP contribution < -0.4 is 4.74 Å². The molecule has 0 bridgehead atoms. The minimum Gasteiger partial charge on any atom is -0.508 e. The van der Waals surface area contributed by atoms with Crippen LogP contribution in [0.2, 0.25) is 0 Å². The molecule has 76 valence electrons. The maximum absolute atomic E-state index is 9.65. The molecule has 0 amide bonds. The van der Waals surface area contributed by atoms with Crippen molar-refractivity contribution in [1.29, 1.82) is 0 Å². The Labute approximate surface area is 84.8 Å². The quantitative estimate of drug-likeness (QED) is 0.746. The zero-order chi connectivity index (χ0) is 10.6. The third-order valence-electron chi connectivity index (χ3n) is 2.30. The lowest BCUT2D eigenvalue weighted by atomic mass is 10.0. The molecule has 14 heavy (non-hydrogen) atoms. The van der Waals surface area contributed by atoms with E-state index >= 15 is 0 Å². The molecule has 1 aromatic carbocycles. The highest BCUT2D eigenvalue weighted by molar-refractivity contribution is 5.48. The summed E-state index contributed by atoms with van der Waals surface area (Å²) in [5.74, 6) is 1.16. The summed E-state index contributed by atoms with van der Waals surface area (Å²) >= 11 is 0. The topological polar surface area (TPSA) is 29.5 Å². The fourth-order valence-electron chi connectivity index (χ4n) is 1.44. The third-order valence-corrected chi connectivity index (χ3v) is 2.30. The van der Waals surface area contributed by atoms with Gasteiger partial charge in [-0.2, -0.15) is 0 Å². The van der Waals surface area contributed by atoms with Crippen molar-refractivity contribution in [2.45, 2.75) is 20.3 Å². The Morgan fingerprint density at radius 2 is 2.14 bits per heavy atom. The summed E-state index contributed by atoms with van der Waals surface area (Å²) in [6, 6.07) is 3.45. The van der Waals surface area contributed by atoms with Gasteiger partial charge in [0.1, 0.15) is 11.5 Å². The highest BCUT2D eigenvalue weighted by Crippen LogP contribution is 2.29. The molecule has 0 saturated carbocycles. The highest BCUT2D eigenvalue weighted by Gasteiger charge is 2.07. The van der Waals surface area contributed by atoms with E-state index in [4.69, 9.17) is 4.74 Å². The lowest BCUT2D eigenvalue weighted by molar-refractivity contribution is 0.407. The molecule has 0 saturated heterocycles. The molecule has 1 rings (SSSR count). The molecule has 0 aromatic heterocycles. The molecule has 0 aliphatic carbocycles. The van der Waals surface area contributed by atoms with Crippen molar-refractivity contribution in [2.24, 2.45) is 0 Å². The molecule has 0 aliphatic heterocycles. The smallest absolute Gasteiger partial charge is 0.122 e. The van der Waals surface area contributed by atoms with Crippen molar-refractivity contribution < 1.29 is 9.84 Å². The number of allylic oxidation sites excluding steroid dienone is 2. The van der Waals surface area contributed by atoms with Crippen molar-refractivity contribution in [1.82, 2.24) is 0 Å². The number of ether oxygens (including phenoxy) is 1. The van der Waals surface area contributed by atoms with E-state index in [9.17, 15) is 5.11 Å². The zero-order valence-electron chi connectivity index (χ0n) is 8.87. The predicted octanol–water partition coefficient (Wildman–Crippen LogP) is 2.83. The Balaban J connectivity index is 3.11. The number of phenolic OH excluding ortho intramolecular Hbond substituents is 1. The number of phenols is 1. The Hall–Kier alpha value is -1.44. The van der Waals surface area contributed by atoms with Crippen LogP contribution in [0.5, 0.6) is 11.5 Å². The Morgan fingerprint density at radius 3 is 2.71 bits per heavy atom. The number of methoxy groups -OCH3 is 1. The first-order valence-corrected chi connectivity index (χ1v) is 4.67. The lowest BCUT2D eigenvalue weighted by Gasteiger charge is -2.10. The van der Waals surface area contributed by atoms with Crippen molar-refractivity contribution in [3.8, 4) is 11.5 Å². The largest absolute Gasteiger partial charge is 0.508 e. The van der Waals surface area contributed by atoms with E-state index in [2.05, 4.69) is 0 Å². The molecule has 0 unspecified atom stereocenters. The summed E-state index contributed by atoms with van der Waals surface area (Å²) in [6.45, 7) is 3.92. The van der Waals surface area contributed by atoms with Gasteiger partial charge >= 0.3 is 0 Å². The number of hydrogen-bond donors (Lipinski definition) is 1. The number of aromatic hydroxyl groups is 1. The average molecular weight is 192 g/mol. The molecular formula is C12H16O2. The Morgan fingerprint density at radius 1 is 1.43 bits per heavy atom. The summed E-state index contributed by atoms with van der Waals surface area (Å²) in [7, 11) is 1.64. The number of benzene rings is 1. The molecule has 0 aliphatic rings. The molecule has 1 aromatic rings. The summed E-state index contributed by atoms with van der Waals surface area (Å²) in [5, 5.41) is 9.65. The van der Waals surface area contributed by atoms with Crippen LogP contribution in [0.1, 0.15) is 18.1 Å². The van der Waals surface area contributed by atoms with Crippen molar-refractivity contribution in [2.75, 3.05) is 7.11 Å². The second kappa shape index (κ2) is 4.70.